The molecule has 0 saturated heterocycles. The lowest BCUT2D eigenvalue weighted by Crippen LogP contribution is -2.37. The van der Waals surface area contributed by atoms with Gasteiger partial charge in [-0.15, -0.1) is 0 Å². The third-order valence-corrected chi connectivity index (χ3v) is 4.03. The normalized spacial score (nSPS) is 14.9. The summed E-state index contributed by atoms with van der Waals surface area (Å²) in [5, 5.41) is 5.49. The number of hydrogen-bond acceptors (Lipinski definition) is 2. The van der Waals surface area contributed by atoms with E-state index >= 15 is 0 Å². The molecule has 0 aromatic heterocycles. The average Bonchev–Trinajstić information content (AvgIpc) is 3.03. The van der Waals surface area contributed by atoms with Crippen LogP contribution in [0.2, 0.25) is 0 Å². The Kier molecular flexibility index (Phi) is 6.25. The maximum atomic E-state index is 11.8. The van der Waals surface area contributed by atoms with E-state index in [4.69, 9.17) is 0 Å². The minimum absolute atomic E-state index is 0.0388. The number of carbonyl (C=O) groups is 2. The van der Waals surface area contributed by atoms with Crippen molar-refractivity contribution >= 4 is 11.8 Å². The Balaban J connectivity index is 1.56. The molecule has 2 N–H and O–H groups in total. The van der Waals surface area contributed by atoms with E-state index < -0.39 is 0 Å². The smallest absolute Gasteiger partial charge is 0.251 e. The molecule has 0 atom stereocenters. The van der Waals surface area contributed by atoms with E-state index in [2.05, 4.69) is 10.6 Å². The summed E-state index contributed by atoms with van der Waals surface area (Å²) >= 11 is 0. The van der Waals surface area contributed by atoms with Gasteiger partial charge in [0.25, 0.3) is 5.91 Å². The van der Waals surface area contributed by atoms with Crippen LogP contribution in [0.25, 0.3) is 0 Å². The minimum atomic E-state index is -0.211. The highest BCUT2D eigenvalue weighted by atomic mass is 16.2. The summed E-state index contributed by atoms with van der Waals surface area (Å²) in [6.45, 7) is 0.744. The number of nitrogens with one attached hydrogen (secondary N) is 2. The lowest BCUT2D eigenvalue weighted by molar-refractivity contribution is -0.120. The van der Waals surface area contributed by atoms with Gasteiger partial charge in [0.05, 0.1) is 6.54 Å². The van der Waals surface area contributed by atoms with Gasteiger partial charge in [-0.1, -0.05) is 43.9 Å². The molecule has 4 heteroatoms. The molecular weight excluding hydrogens is 264 g/mol. The first kappa shape index (κ1) is 15.5. The predicted octanol–water partition coefficient (Wildman–Crippen LogP) is 2.50. The summed E-state index contributed by atoms with van der Waals surface area (Å²) in [6.07, 6.45) is 7.66. The van der Waals surface area contributed by atoms with Crippen molar-refractivity contribution in [2.45, 2.75) is 38.5 Å². The zero-order chi connectivity index (χ0) is 14.9. The second-order valence-corrected chi connectivity index (χ2v) is 5.69. The molecule has 1 saturated carbocycles. The fraction of sp³-hybridized carbons (Fsp3) is 0.529. The standard InChI is InChI=1S/C17H24N2O2/c20-16(18-12-6-9-14-7-4-5-8-14)13-19-17(21)15-10-2-1-3-11-15/h1-3,10-11,14H,4-9,12-13H2,(H,18,20)(H,19,21). The van der Waals surface area contributed by atoms with Crippen molar-refractivity contribution in [2.75, 3.05) is 13.1 Å². The van der Waals surface area contributed by atoms with Crippen LogP contribution >= 0.6 is 0 Å². The molecule has 0 bridgehead atoms. The van der Waals surface area contributed by atoms with Crippen LogP contribution in [0.15, 0.2) is 30.3 Å². The molecular formula is C17H24N2O2. The SMILES string of the molecule is O=C(CNC(=O)c1ccccc1)NCCCC1CCCC1. The molecule has 21 heavy (non-hydrogen) atoms. The van der Waals surface area contributed by atoms with Crippen LogP contribution in [0.4, 0.5) is 0 Å². The number of benzene rings is 1. The minimum Gasteiger partial charge on any atom is -0.355 e. The Morgan fingerprint density at radius 2 is 1.76 bits per heavy atom. The zero-order valence-corrected chi connectivity index (χ0v) is 12.4. The summed E-state index contributed by atoms with van der Waals surface area (Å²) in [7, 11) is 0. The monoisotopic (exact) mass is 288 g/mol. The first-order valence-electron chi connectivity index (χ1n) is 7.85. The second-order valence-electron chi connectivity index (χ2n) is 5.69. The van der Waals surface area contributed by atoms with E-state index in [0.717, 1.165) is 12.3 Å². The number of carbonyl (C=O) groups excluding carboxylic acids is 2. The molecule has 2 rings (SSSR count). The van der Waals surface area contributed by atoms with Crippen LogP contribution in [0.3, 0.4) is 0 Å². The van der Waals surface area contributed by atoms with E-state index in [0.29, 0.717) is 12.1 Å². The average molecular weight is 288 g/mol. The second kappa shape index (κ2) is 8.45. The third kappa shape index (κ3) is 5.58. The third-order valence-electron chi connectivity index (χ3n) is 4.03. The van der Waals surface area contributed by atoms with Gasteiger partial charge in [-0.3, -0.25) is 9.59 Å². The predicted molar refractivity (Wildman–Crippen MR) is 83.0 cm³/mol. The highest BCUT2D eigenvalue weighted by molar-refractivity contribution is 5.96. The fourth-order valence-electron chi connectivity index (χ4n) is 2.83. The van der Waals surface area contributed by atoms with Crippen LogP contribution in [0.5, 0.6) is 0 Å². The molecule has 1 aliphatic rings. The number of hydrogen-bond donors (Lipinski definition) is 2. The Morgan fingerprint density at radius 1 is 1.05 bits per heavy atom. The number of amides is 2. The van der Waals surface area contributed by atoms with Crippen molar-refractivity contribution in [3.05, 3.63) is 35.9 Å². The summed E-state index contributed by atoms with van der Waals surface area (Å²) in [5.74, 6) is 0.530. The molecule has 114 valence electrons. The highest BCUT2D eigenvalue weighted by Gasteiger charge is 2.14. The molecule has 0 aliphatic heterocycles. The van der Waals surface area contributed by atoms with Crippen molar-refractivity contribution in [2.24, 2.45) is 5.92 Å². The maximum Gasteiger partial charge on any atom is 0.251 e. The summed E-state index contributed by atoms with van der Waals surface area (Å²) < 4.78 is 0. The molecule has 0 radical (unpaired) electrons. The molecule has 1 fully saturated rings. The van der Waals surface area contributed by atoms with E-state index in [-0.39, 0.29) is 18.4 Å². The van der Waals surface area contributed by atoms with Crippen molar-refractivity contribution in [3.8, 4) is 0 Å². The van der Waals surface area contributed by atoms with E-state index in [9.17, 15) is 9.59 Å². The molecule has 0 spiro atoms. The van der Waals surface area contributed by atoms with Gasteiger partial charge in [-0.2, -0.15) is 0 Å². The van der Waals surface area contributed by atoms with Crippen molar-refractivity contribution < 1.29 is 9.59 Å². The molecule has 4 nitrogen and oxygen atoms in total. The molecule has 1 aromatic rings. The Hall–Kier alpha value is -1.84. The van der Waals surface area contributed by atoms with Crippen LogP contribution in [0.1, 0.15) is 48.9 Å². The Morgan fingerprint density at radius 3 is 2.48 bits per heavy atom. The Labute approximate surface area is 126 Å². The van der Waals surface area contributed by atoms with E-state index in [1.54, 1.807) is 24.3 Å². The van der Waals surface area contributed by atoms with E-state index in [1.165, 1.54) is 32.1 Å². The molecule has 1 aliphatic carbocycles. The van der Waals surface area contributed by atoms with Gasteiger partial charge in [-0.05, 0) is 30.9 Å². The zero-order valence-electron chi connectivity index (χ0n) is 12.4. The van der Waals surface area contributed by atoms with Crippen molar-refractivity contribution in [3.63, 3.8) is 0 Å². The molecule has 0 heterocycles. The van der Waals surface area contributed by atoms with Crippen molar-refractivity contribution in [1.82, 2.24) is 10.6 Å². The molecule has 1 aromatic carbocycles. The summed E-state index contributed by atoms with van der Waals surface area (Å²) in [4.78, 5) is 23.4. The number of rotatable bonds is 7. The lowest BCUT2D eigenvalue weighted by atomic mass is 10.0. The Bertz CT molecular complexity index is 453. The molecule has 2 amide bonds. The van der Waals surface area contributed by atoms with E-state index in [1.807, 2.05) is 6.07 Å². The van der Waals surface area contributed by atoms with Gasteiger partial charge in [-0.25, -0.2) is 0 Å². The molecule has 0 unspecified atom stereocenters. The topological polar surface area (TPSA) is 58.2 Å². The van der Waals surface area contributed by atoms with Crippen molar-refractivity contribution in [1.29, 1.82) is 0 Å². The quantitative estimate of drug-likeness (QED) is 0.757. The fourth-order valence-corrected chi connectivity index (χ4v) is 2.83. The van der Waals surface area contributed by atoms with Crippen LogP contribution in [-0.4, -0.2) is 24.9 Å². The first-order valence-corrected chi connectivity index (χ1v) is 7.85. The van der Waals surface area contributed by atoms with Gasteiger partial charge in [0, 0.05) is 12.1 Å². The van der Waals surface area contributed by atoms with Crippen LogP contribution < -0.4 is 10.6 Å². The first-order chi connectivity index (χ1) is 10.3. The van der Waals surface area contributed by atoms with Gasteiger partial charge in [0.2, 0.25) is 5.91 Å². The van der Waals surface area contributed by atoms with Crippen LogP contribution in [0, 0.1) is 5.92 Å². The van der Waals surface area contributed by atoms with Gasteiger partial charge in [0.15, 0.2) is 0 Å². The maximum absolute atomic E-state index is 11.8. The van der Waals surface area contributed by atoms with Gasteiger partial charge < -0.3 is 10.6 Å². The van der Waals surface area contributed by atoms with Gasteiger partial charge in [0.1, 0.15) is 0 Å². The lowest BCUT2D eigenvalue weighted by Gasteiger charge is -2.10. The summed E-state index contributed by atoms with van der Waals surface area (Å²) in [6, 6.07) is 8.92. The van der Waals surface area contributed by atoms with Crippen LogP contribution in [-0.2, 0) is 4.79 Å². The summed E-state index contributed by atoms with van der Waals surface area (Å²) in [5.41, 5.74) is 0.575. The van der Waals surface area contributed by atoms with Gasteiger partial charge >= 0.3 is 0 Å². The largest absolute Gasteiger partial charge is 0.355 e. The highest BCUT2D eigenvalue weighted by Crippen LogP contribution is 2.28.